The van der Waals surface area contributed by atoms with Crippen molar-refractivity contribution in [1.29, 1.82) is 0 Å². The summed E-state index contributed by atoms with van der Waals surface area (Å²) in [6.07, 6.45) is -4.03. The Kier molecular flexibility index (Phi) is 6.54. The van der Waals surface area contributed by atoms with Gasteiger partial charge in [-0.25, -0.2) is 0 Å². The number of aromatic nitrogens is 2. The third-order valence-corrected chi connectivity index (χ3v) is 4.05. The van der Waals surface area contributed by atoms with Gasteiger partial charge in [-0.05, 0) is 18.6 Å². The highest BCUT2D eigenvalue weighted by molar-refractivity contribution is 7.99. The lowest BCUT2D eigenvalue weighted by Gasteiger charge is -2.11. The first kappa shape index (κ1) is 19.4. The van der Waals surface area contributed by atoms with Crippen molar-refractivity contribution < 1.29 is 32.2 Å². The molecule has 1 heterocycles. The Morgan fingerprint density at radius 1 is 1.36 bits per heavy atom. The predicted molar refractivity (Wildman–Crippen MR) is 83.9 cm³/mol. The molecule has 136 valence electrons. The van der Waals surface area contributed by atoms with Gasteiger partial charge in [-0.2, -0.15) is 13.2 Å². The summed E-state index contributed by atoms with van der Waals surface area (Å²) in [5, 5.41) is 16.3. The standard InChI is InChI=1S/C14H12ClF3N2O4S/c15-11-8(3-1-4-9(11)23-7-14(16,17)18)12-19-20-13(24-12)25-6-2-5-10(21)22/h1,3-4H,2,5-7H2,(H,21,22). The normalized spacial score (nSPS) is 11.5. The molecule has 0 radical (unpaired) electrons. The third-order valence-electron chi connectivity index (χ3n) is 2.75. The Morgan fingerprint density at radius 2 is 2.12 bits per heavy atom. The first-order valence-electron chi connectivity index (χ1n) is 6.93. The van der Waals surface area contributed by atoms with E-state index in [2.05, 4.69) is 14.9 Å². The molecule has 0 saturated heterocycles. The minimum absolute atomic E-state index is 0.0262. The highest BCUT2D eigenvalue weighted by atomic mass is 35.5. The molecule has 1 aromatic heterocycles. The summed E-state index contributed by atoms with van der Waals surface area (Å²) in [6.45, 7) is -1.47. The van der Waals surface area contributed by atoms with Crippen LogP contribution in [-0.4, -0.2) is 39.8 Å². The number of hydrogen-bond donors (Lipinski definition) is 1. The van der Waals surface area contributed by atoms with Gasteiger partial charge in [0.2, 0.25) is 5.89 Å². The molecular weight excluding hydrogens is 385 g/mol. The van der Waals surface area contributed by atoms with Gasteiger partial charge in [0.15, 0.2) is 6.61 Å². The molecule has 6 nitrogen and oxygen atoms in total. The lowest BCUT2D eigenvalue weighted by molar-refractivity contribution is -0.153. The summed E-state index contributed by atoms with van der Waals surface area (Å²) < 4.78 is 46.8. The van der Waals surface area contributed by atoms with Gasteiger partial charge in [-0.3, -0.25) is 4.79 Å². The van der Waals surface area contributed by atoms with Gasteiger partial charge in [-0.1, -0.05) is 29.4 Å². The van der Waals surface area contributed by atoms with Gasteiger partial charge in [-0.15, -0.1) is 10.2 Å². The van der Waals surface area contributed by atoms with Crippen LogP contribution in [-0.2, 0) is 4.79 Å². The van der Waals surface area contributed by atoms with E-state index in [1.807, 2.05) is 0 Å². The van der Waals surface area contributed by atoms with Crippen molar-refractivity contribution in [3.8, 4) is 17.2 Å². The largest absolute Gasteiger partial charge is 0.483 e. The Morgan fingerprint density at radius 3 is 2.80 bits per heavy atom. The number of carboxylic acids is 1. The molecule has 0 atom stereocenters. The molecule has 25 heavy (non-hydrogen) atoms. The molecular formula is C14H12ClF3N2O4S. The number of aliphatic carboxylic acids is 1. The van der Waals surface area contributed by atoms with E-state index in [1.165, 1.54) is 30.0 Å². The number of benzene rings is 1. The number of rotatable bonds is 8. The Labute approximate surface area is 149 Å². The Hall–Kier alpha value is -1.94. The minimum atomic E-state index is -4.48. The summed E-state index contributed by atoms with van der Waals surface area (Å²) in [5.74, 6) is -0.543. The number of hydrogen-bond acceptors (Lipinski definition) is 6. The summed E-state index contributed by atoms with van der Waals surface area (Å²) in [5.41, 5.74) is 0.242. The lowest BCUT2D eigenvalue weighted by Crippen LogP contribution is -2.19. The van der Waals surface area contributed by atoms with E-state index in [4.69, 9.17) is 21.1 Å². The van der Waals surface area contributed by atoms with E-state index in [9.17, 15) is 18.0 Å². The second kappa shape index (κ2) is 8.43. The Balaban J connectivity index is 2.05. The van der Waals surface area contributed by atoms with Crippen molar-refractivity contribution in [1.82, 2.24) is 10.2 Å². The molecule has 0 amide bonds. The van der Waals surface area contributed by atoms with Gasteiger partial charge >= 0.3 is 12.1 Å². The molecule has 0 aliphatic carbocycles. The fourth-order valence-corrected chi connectivity index (χ4v) is 2.67. The van der Waals surface area contributed by atoms with Crippen LogP contribution in [0.3, 0.4) is 0 Å². The Bertz CT molecular complexity index is 739. The SMILES string of the molecule is O=C(O)CCCSc1nnc(-c2cccc(OCC(F)(F)F)c2Cl)o1. The molecule has 11 heteroatoms. The van der Waals surface area contributed by atoms with Crippen molar-refractivity contribution >= 4 is 29.3 Å². The summed E-state index contributed by atoms with van der Waals surface area (Å²) in [4.78, 5) is 10.4. The van der Waals surface area contributed by atoms with Crippen LogP contribution in [0.1, 0.15) is 12.8 Å². The van der Waals surface area contributed by atoms with Crippen molar-refractivity contribution in [2.24, 2.45) is 0 Å². The fraction of sp³-hybridized carbons (Fsp3) is 0.357. The van der Waals surface area contributed by atoms with Gasteiger partial charge in [0.05, 0.1) is 10.6 Å². The zero-order valence-corrected chi connectivity index (χ0v) is 14.1. The van der Waals surface area contributed by atoms with E-state index >= 15 is 0 Å². The molecule has 0 saturated carbocycles. The number of thioether (sulfide) groups is 1. The molecule has 0 bridgehead atoms. The molecule has 0 spiro atoms. The first-order valence-corrected chi connectivity index (χ1v) is 8.29. The summed E-state index contributed by atoms with van der Waals surface area (Å²) in [7, 11) is 0. The van der Waals surface area contributed by atoms with E-state index in [-0.39, 0.29) is 33.9 Å². The molecule has 2 rings (SSSR count). The second-order valence-electron chi connectivity index (χ2n) is 4.74. The van der Waals surface area contributed by atoms with Gasteiger partial charge < -0.3 is 14.3 Å². The summed E-state index contributed by atoms with van der Waals surface area (Å²) >= 11 is 7.23. The maximum Gasteiger partial charge on any atom is 0.422 e. The zero-order chi connectivity index (χ0) is 18.4. The van der Waals surface area contributed by atoms with Crippen LogP contribution in [0, 0.1) is 0 Å². The van der Waals surface area contributed by atoms with Crippen LogP contribution >= 0.6 is 23.4 Å². The van der Waals surface area contributed by atoms with Crippen LogP contribution in [0.2, 0.25) is 5.02 Å². The quantitative estimate of drug-likeness (QED) is 0.526. The average molecular weight is 397 g/mol. The molecule has 1 aromatic carbocycles. The molecule has 0 aliphatic rings. The van der Waals surface area contributed by atoms with Gasteiger partial charge in [0.1, 0.15) is 5.75 Å². The van der Waals surface area contributed by atoms with Crippen LogP contribution < -0.4 is 4.74 Å². The number of ether oxygens (including phenoxy) is 1. The maximum atomic E-state index is 12.2. The topological polar surface area (TPSA) is 85.5 Å². The number of carbonyl (C=O) groups is 1. The average Bonchev–Trinajstić information content (AvgIpc) is 2.98. The molecule has 0 unspecified atom stereocenters. The highest BCUT2D eigenvalue weighted by Gasteiger charge is 2.29. The van der Waals surface area contributed by atoms with Crippen molar-refractivity contribution in [3.05, 3.63) is 23.2 Å². The fourth-order valence-electron chi connectivity index (χ4n) is 1.71. The van der Waals surface area contributed by atoms with Crippen molar-refractivity contribution in [2.45, 2.75) is 24.2 Å². The van der Waals surface area contributed by atoms with E-state index in [0.717, 1.165) is 0 Å². The predicted octanol–water partition coefficient (Wildman–Crippen LogP) is 4.29. The number of halogens is 4. The van der Waals surface area contributed by atoms with Crippen molar-refractivity contribution in [3.63, 3.8) is 0 Å². The molecule has 0 aliphatic heterocycles. The van der Waals surface area contributed by atoms with Crippen LogP contribution in [0.25, 0.3) is 11.5 Å². The minimum Gasteiger partial charge on any atom is -0.483 e. The number of nitrogens with zero attached hydrogens (tertiary/aromatic N) is 2. The molecule has 0 fully saturated rings. The first-order chi connectivity index (χ1) is 11.8. The van der Waals surface area contributed by atoms with Gasteiger partial charge in [0, 0.05) is 12.2 Å². The van der Waals surface area contributed by atoms with E-state index in [0.29, 0.717) is 12.2 Å². The maximum absolute atomic E-state index is 12.2. The van der Waals surface area contributed by atoms with Crippen LogP contribution in [0.5, 0.6) is 5.75 Å². The molecule has 1 N–H and O–H groups in total. The van der Waals surface area contributed by atoms with Gasteiger partial charge in [0.25, 0.3) is 5.22 Å². The molecule has 2 aromatic rings. The van der Waals surface area contributed by atoms with Crippen LogP contribution in [0.4, 0.5) is 13.2 Å². The third kappa shape index (κ3) is 6.13. The number of carboxylic acid groups (broad SMARTS) is 1. The van der Waals surface area contributed by atoms with Crippen molar-refractivity contribution in [2.75, 3.05) is 12.4 Å². The highest BCUT2D eigenvalue weighted by Crippen LogP contribution is 2.36. The smallest absolute Gasteiger partial charge is 0.422 e. The van der Waals surface area contributed by atoms with E-state index < -0.39 is 18.8 Å². The second-order valence-corrected chi connectivity index (χ2v) is 6.16. The monoisotopic (exact) mass is 396 g/mol. The zero-order valence-electron chi connectivity index (χ0n) is 12.5. The summed E-state index contributed by atoms with van der Waals surface area (Å²) in [6, 6.07) is 4.27. The van der Waals surface area contributed by atoms with Crippen LogP contribution in [0.15, 0.2) is 27.8 Å². The lowest BCUT2D eigenvalue weighted by atomic mass is 10.2. The number of alkyl halides is 3. The van der Waals surface area contributed by atoms with E-state index in [1.54, 1.807) is 0 Å².